The number of benzene rings is 1. The molecule has 0 aliphatic rings. The third-order valence-corrected chi connectivity index (χ3v) is 4.65. The fourth-order valence-electron chi connectivity index (χ4n) is 1.72. The normalized spacial score (nSPS) is 12.0. The van der Waals surface area contributed by atoms with Crippen LogP contribution in [0.4, 0.5) is 4.39 Å². The molecular weight excluding hydrogens is 285 g/mol. The van der Waals surface area contributed by atoms with E-state index in [9.17, 15) is 12.8 Å². The molecule has 0 bridgehead atoms. The van der Waals surface area contributed by atoms with Crippen LogP contribution in [0.1, 0.15) is 11.3 Å². The molecule has 0 saturated heterocycles. The van der Waals surface area contributed by atoms with Gasteiger partial charge in [0.2, 0.25) is 10.0 Å². The van der Waals surface area contributed by atoms with E-state index in [1.54, 1.807) is 12.1 Å². The largest absolute Gasteiger partial charge is 0.468 e. The summed E-state index contributed by atoms with van der Waals surface area (Å²) < 4.78 is 44.1. The number of sulfonamides is 1. The van der Waals surface area contributed by atoms with Crippen molar-refractivity contribution in [1.82, 2.24) is 4.31 Å². The molecule has 0 unspecified atom stereocenters. The second-order valence-electron chi connectivity index (χ2n) is 4.25. The number of furan rings is 1. The summed E-state index contributed by atoms with van der Waals surface area (Å²) in [5.74, 6) is -0.138. The average molecular weight is 299 g/mol. The molecule has 108 valence electrons. The molecule has 1 heterocycles. The lowest BCUT2D eigenvalue weighted by atomic mass is 10.2. The minimum Gasteiger partial charge on any atom is -0.468 e. The lowest BCUT2D eigenvalue weighted by molar-refractivity contribution is 0.275. The number of hydrogen-bond acceptors (Lipinski definition) is 4. The Bertz CT molecular complexity index is 682. The van der Waals surface area contributed by atoms with Crippen LogP contribution in [-0.2, 0) is 23.2 Å². The van der Waals surface area contributed by atoms with Crippen molar-refractivity contribution >= 4 is 10.0 Å². The van der Waals surface area contributed by atoms with Crippen molar-refractivity contribution in [2.75, 3.05) is 7.05 Å². The van der Waals surface area contributed by atoms with Crippen molar-refractivity contribution in [3.8, 4) is 0 Å². The number of halogens is 1. The van der Waals surface area contributed by atoms with Crippen LogP contribution >= 0.6 is 0 Å². The first-order valence-electron chi connectivity index (χ1n) is 5.83. The van der Waals surface area contributed by atoms with Crippen LogP contribution in [0.15, 0.2) is 45.9 Å². The van der Waals surface area contributed by atoms with Crippen molar-refractivity contribution in [2.24, 2.45) is 0 Å². The number of rotatable bonds is 5. The molecule has 5 nitrogen and oxygen atoms in total. The van der Waals surface area contributed by atoms with Gasteiger partial charge < -0.3 is 9.52 Å². The lowest BCUT2D eigenvalue weighted by Crippen LogP contribution is -2.26. The Hall–Kier alpha value is -1.70. The Morgan fingerprint density at radius 1 is 1.35 bits per heavy atom. The molecule has 1 N–H and O–H groups in total. The molecule has 0 fully saturated rings. The SMILES string of the molecule is CN(Cc1ccco1)S(=O)(=O)c1ccc(F)c(CO)c1. The highest BCUT2D eigenvalue weighted by Gasteiger charge is 2.22. The van der Waals surface area contributed by atoms with E-state index in [0.717, 1.165) is 16.4 Å². The number of hydrogen-bond donors (Lipinski definition) is 1. The summed E-state index contributed by atoms with van der Waals surface area (Å²) in [4.78, 5) is -0.0722. The van der Waals surface area contributed by atoms with Gasteiger partial charge in [-0.25, -0.2) is 12.8 Å². The number of aliphatic hydroxyl groups is 1. The number of aliphatic hydroxyl groups excluding tert-OH is 1. The molecule has 0 radical (unpaired) electrons. The van der Waals surface area contributed by atoms with E-state index in [2.05, 4.69) is 0 Å². The maximum Gasteiger partial charge on any atom is 0.243 e. The molecule has 2 rings (SSSR count). The summed E-state index contributed by atoms with van der Waals surface area (Å²) in [6.45, 7) is -0.488. The third kappa shape index (κ3) is 2.90. The summed E-state index contributed by atoms with van der Waals surface area (Å²) in [5.41, 5.74) is -0.0579. The predicted octanol–water partition coefficient (Wildman–Crippen LogP) is 1.73. The molecule has 7 heteroatoms. The zero-order valence-electron chi connectivity index (χ0n) is 10.8. The van der Waals surface area contributed by atoms with E-state index in [-0.39, 0.29) is 17.0 Å². The molecule has 20 heavy (non-hydrogen) atoms. The van der Waals surface area contributed by atoms with Crippen LogP contribution in [0.25, 0.3) is 0 Å². The van der Waals surface area contributed by atoms with E-state index < -0.39 is 22.4 Å². The van der Waals surface area contributed by atoms with Gasteiger partial charge in [0.25, 0.3) is 0 Å². The first-order chi connectivity index (χ1) is 9.45. The molecule has 0 atom stereocenters. The molecular formula is C13H14FNO4S. The van der Waals surface area contributed by atoms with Gasteiger partial charge in [0.1, 0.15) is 11.6 Å². The van der Waals surface area contributed by atoms with Crippen LogP contribution in [0.5, 0.6) is 0 Å². The van der Waals surface area contributed by atoms with Crippen molar-refractivity contribution in [3.05, 3.63) is 53.7 Å². The Balaban J connectivity index is 2.29. The summed E-state index contributed by atoms with van der Waals surface area (Å²) in [5, 5.41) is 8.99. The van der Waals surface area contributed by atoms with Crippen LogP contribution < -0.4 is 0 Å². The molecule has 2 aromatic rings. The van der Waals surface area contributed by atoms with E-state index in [1.165, 1.54) is 19.4 Å². The first kappa shape index (κ1) is 14.7. The Morgan fingerprint density at radius 2 is 2.10 bits per heavy atom. The zero-order valence-corrected chi connectivity index (χ0v) is 11.6. The van der Waals surface area contributed by atoms with Crippen LogP contribution in [-0.4, -0.2) is 24.9 Å². The maximum atomic E-state index is 13.3. The summed E-state index contributed by atoms with van der Waals surface area (Å²) >= 11 is 0. The Morgan fingerprint density at radius 3 is 2.70 bits per heavy atom. The van der Waals surface area contributed by atoms with Crippen LogP contribution in [0.2, 0.25) is 0 Å². The highest BCUT2D eigenvalue weighted by molar-refractivity contribution is 7.89. The van der Waals surface area contributed by atoms with Gasteiger partial charge in [0.15, 0.2) is 0 Å². The van der Waals surface area contributed by atoms with Crippen molar-refractivity contribution in [2.45, 2.75) is 18.0 Å². The van der Waals surface area contributed by atoms with Gasteiger partial charge in [-0.15, -0.1) is 0 Å². The van der Waals surface area contributed by atoms with E-state index in [4.69, 9.17) is 9.52 Å². The van der Waals surface area contributed by atoms with E-state index in [1.807, 2.05) is 0 Å². The molecule has 0 spiro atoms. The van der Waals surface area contributed by atoms with Gasteiger partial charge in [0, 0.05) is 12.6 Å². The highest BCUT2D eigenvalue weighted by Crippen LogP contribution is 2.20. The minimum atomic E-state index is -3.77. The minimum absolute atomic E-state index is 0.0579. The van der Waals surface area contributed by atoms with Crippen molar-refractivity contribution < 1.29 is 22.3 Å². The lowest BCUT2D eigenvalue weighted by Gasteiger charge is -2.16. The van der Waals surface area contributed by atoms with Gasteiger partial charge in [0.05, 0.1) is 24.3 Å². The summed E-state index contributed by atoms with van der Waals surface area (Å²) in [7, 11) is -2.37. The van der Waals surface area contributed by atoms with Crippen molar-refractivity contribution in [1.29, 1.82) is 0 Å². The smallest absolute Gasteiger partial charge is 0.243 e. The van der Waals surface area contributed by atoms with Gasteiger partial charge in [-0.2, -0.15) is 4.31 Å². The zero-order chi connectivity index (χ0) is 14.8. The van der Waals surface area contributed by atoms with Gasteiger partial charge >= 0.3 is 0 Å². The fraction of sp³-hybridized carbons (Fsp3) is 0.231. The molecule has 0 saturated carbocycles. The van der Waals surface area contributed by atoms with E-state index in [0.29, 0.717) is 5.76 Å². The van der Waals surface area contributed by atoms with Crippen LogP contribution in [0, 0.1) is 5.82 Å². The van der Waals surface area contributed by atoms with Crippen molar-refractivity contribution in [3.63, 3.8) is 0 Å². The predicted molar refractivity (Wildman–Crippen MR) is 69.7 cm³/mol. The fourth-order valence-corrected chi connectivity index (χ4v) is 2.91. The molecule has 0 aliphatic carbocycles. The Labute approximate surface area is 116 Å². The summed E-state index contributed by atoms with van der Waals surface area (Å²) in [6.07, 6.45) is 1.46. The monoisotopic (exact) mass is 299 g/mol. The number of nitrogens with zero attached hydrogens (tertiary/aromatic N) is 1. The van der Waals surface area contributed by atoms with Gasteiger partial charge in [-0.05, 0) is 30.3 Å². The van der Waals surface area contributed by atoms with Gasteiger partial charge in [-0.1, -0.05) is 0 Å². The summed E-state index contributed by atoms with van der Waals surface area (Å²) in [6, 6.07) is 6.65. The van der Waals surface area contributed by atoms with Crippen LogP contribution in [0.3, 0.4) is 0 Å². The molecule has 1 aromatic heterocycles. The average Bonchev–Trinajstić information content (AvgIpc) is 2.91. The third-order valence-electron chi connectivity index (χ3n) is 2.85. The second-order valence-corrected chi connectivity index (χ2v) is 6.30. The Kier molecular flexibility index (Phi) is 4.22. The van der Waals surface area contributed by atoms with E-state index >= 15 is 0 Å². The maximum absolute atomic E-state index is 13.3. The highest BCUT2D eigenvalue weighted by atomic mass is 32.2. The quantitative estimate of drug-likeness (QED) is 0.913. The molecule has 0 amide bonds. The second kappa shape index (κ2) is 5.74. The molecule has 1 aromatic carbocycles. The molecule has 0 aliphatic heterocycles. The standard InChI is InChI=1S/C13H14FNO4S/c1-15(8-11-3-2-6-19-11)20(17,18)12-4-5-13(14)10(7-12)9-16/h2-7,16H,8-9H2,1H3. The first-order valence-corrected chi connectivity index (χ1v) is 7.27. The van der Waals surface area contributed by atoms with Gasteiger partial charge in [-0.3, -0.25) is 0 Å². The topological polar surface area (TPSA) is 70.8 Å².